The number of thiophene rings is 1. The summed E-state index contributed by atoms with van der Waals surface area (Å²) in [5, 5.41) is 3.92. The first-order valence-electron chi connectivity index (χ1n) is 6.29. The van der Waals surface area contributed by atoms with Crippen molar-refractivity contribution >= 4 is 38.7 Å². The van der Waals surface area contributed by atoms with E-state index < -0.39 is 0 Å². The van der Waals surface area contributed by atoms with Crippen LogP contribution in [0.4, 0.5) is 11.4 Å². The second kappa shape index (κ2) is 4.98. The average Bonchev–Trinajstić information content (AvgIpc) is 2.81. The molecule has 0 aliphatic rings. The van der Waals surface area contributed by atoms with Crippen molar-refractivity contribution in [3.05, 3.63) is 59.0 Å². The molecule has 100 valence electrons. The molecule has 0 aliphatic heterocycles. The molecule has 3 nitrogen and oxygen atoms in total. The third-order valence-corrected chi connectivity index (χ3v) is 4.15. The predicted molar refractivity (Wildman–Crippen MR) is 85.4 cm³/mol. The smallest absolute Gasteiger partial charge is 0.265 e. The summed E-state index contributed by atoms with van der Waals surface area (Å²) in [6, 6.07) is 15.3. The number of carbonyl (C=O) groups is 1. The lowest BCUT2D eigenvalue weighted by atomic mass is 10.2. The number of nitrogen functional groups attached to an aromatic ring is 1. The van der Waals surface area contributed by atoms with Crippen LogP contribution in [0.1, 0.15) is 15.2 Å². The van der Waals surface area contributed by atoms with Crippen molar-refractivity contribution in [3.8, 4) is 0 Å². The van der Waals surface area contributed by atoms with Gasteiger partial charge >= 0.3 is 0 Å². The predicted octanol–water partition coefficient (Wildman–Crippen LogP) is 4.04. The number of fused-ring (bicyclic) bond motifs is 1. The van der Waals surface area contributed by atoms with Gasteiger partial charge in [0.2, 0.25) is 0 Å². The Hall–Kier alpha value is -2.33. The van der Waals surface area contributed by atoms with Crippen molar-refractivity contribution in [1.82, 2.24) is 0 Å². The van der Waals surface area contributed by atoms with Gasteiger partial charge in [-0.15, -0.1) is 11.3 Å². The lowest BCUT2D eigenvalue weighted by molar-refractivity contribution is 0.103. The van der Waals surface area contributed by atoms with E-state index in [4.69, 9.17) is 5.73 Å². The fourth-order valence-corrected chi connectivity index (χ4v) is 3.03. The highest BCUT2D eigenvalue weighted by Gasteiger charge is 2.10. The summed E-state index contributed by atoms with van der Waals surface area (Å²) in [5.74, 6) is -0.0876. The maximum atomic E-state index is 12.2. The summed E-state index contributed by atoms with van der Waals surface area (Å²) in [7, 11) is 0. The molecule has 1 aromatic heterocycles. The molecule has 0 spiro atoms. The van der Waals surface area contributed by atoms with Gasteiger partial charge in [0, 0.05) is 16.1 Å². The molecule has 0 unspecified atom stereocenters. The van der Waals surface area contributed by atoms with Gasteiger partial charge in [0.05, 0.1) is 4.88 Å². The molecule has 4 heteroatoms. The Morgan fingerprint density at radius 3 is 2.80 bits per heavy atom. The lowest BCUT2D eigenvalue weighted by Crippen LogP contribution is -2.09. The molecule has 3 N–H and O–H groups in total. The summed E-state index contributed by atoms with van der Waals surface area (Å²) in [6.07, 6.45) is 0. The molecule has 0 fully saturated rings. The normalized spacial score (nSPS) is 10.7. The van der Waals surface area contributed by atoms with E-state index in [9.17, 15) is 4.79 Å². The quantitative estimate of drug-likeness (QED) is 0.697. The van der Waals surface area contributed by atoms with Crippen molar-refractivity contribution in [3.63, 3.8) is 0 Å². The van der Waals surface area contributed by atoms with Gasteiger partial charge in [-0.25, -0.2) is 0 Å². The molecule has 0 bridgehead atoms. The molecule has 3 rings (SSSR count). The highest BCUT2D eigenvalue weighted by molar-refractivity contribution is 7.20. The number of amides is 1. The molecule has 0 radical (unpaired) electrons. The van der Waals surface area contributed by atoms with Crippen LogP contribution >= 0.6 is 11.3 Å². The van der Waals surface area contributed by atoms with Crippen LogP contribution in [0.3, 0.4) is 0 Å². The number of anilines is 2. The fraction of sp³-hybridized carbons (Fsp3) is 0.0625. The topological polar surface area (TPSA) is 55.1 Å². The van der Waals surface area contributed by atoms with E-state index in [1.165, 1.54) is 11.3 Å². The molecule has 1 amide bonds. The highest BCUT2D eigenvalue weighted by atomic mass is 32.1. The van der Waals surface area contributed by atoms with Crippen LogP contribution in [0.5, 0.6) is 0 Å². The summed E-state index contributed by atoms with van der Waals surface area (Å²) in [5.41, 5.74) is 8.39. The first kappa shape index (κ1) is 12.7. The van der Waals surface area contributed by atoms with E-state index in [1.807, 2.05) is 55.5 Å². The summed E-state index contributed by atoms with van der Waals surface area (Å²) >= 11 is 1.47. The van der Waals surface area contributed by atoms with Gasteiger partial charge in [0.15, 0.2) is 0 Å². The number of nitrogens with two attached hydrogens (primary N) is 1. The minimum Gasteiger partial charge on any atom is -0.399 e. The van der Waals surface area contributed by atoms with Gasteiger partial charge in [-0.05, 0) is 54.3 Å². The van der Waals surface area contributed by atoms with Gasteiger partial charge in [-0.1, -0.05) is 12.1 Å². The van der Waals surface area contributed by atoms with Crippen LogP contribution in [0.2, 0.25) is 0 Å². The van der Waals surface area contributed by atoms with Gasteiger partial charge in [-0.3, -0.25) is 4.79 Å². The van der Waals surface area contributed by atoms with Gasteiger partial charge in [0.25, 0.3) is 5.91 Å². The number of hydrogen-bond acceptors (Lipinski definition) is 3. The Kier molecular flexibility index (Phi) is 3.16. The molecule has 2 aromatic carbocycles. The van der Waals surface area contributed by atoms with Crippen molar-refractivity contribution in [1.29, 1.82) is 0 Å². The van der Waals surface area contributed by atoms with Crippen LogP contribution in [-0.2, 0) is 0 Å². The Bertz CT molecular complexity index is 792. The molecule has 0 atom stereocenters. The minimum absolute atomic E-state index is 0.0876. The summed E-state index contributed by atoms with van der Waals surface area (Å²) in [6.45, 7) is 2.00. The Morgan fingerprint density at radius 1 is 1.15 bits per heavy atom. The van der Waals surface area contributed by atoms with E-state index in [2.05, 4.69) is 5.32 Å². The highest BCUT2D eigenvalue weighted by Crippen LogP contribution is 2.28. The number of hydrogen-bond donors (Lipinski definition) is 2. The molecular formula is C16H14N2OS. The first-order valence-corrected chi connectivity index (χ1v) is 7.10. The second-order valence-electron chi connectivity index (χ2n) is 4.73. The number of nitrogens with one attached hydrogen (secondary N) is 1. The van der Waals surface area contributed by atoms with E-state index in [0.717, 1.165) is 21.3 Å². The molecule has 1 heterocycles. The van der Waals surface area contributed by atoms with Crippen molar-refractivity contribution < 1.29 is 4.79 Å². The Morgan fingerprint density at radius 2 is 2.00 bits per heavy atom. The number of carbonyl (C=O) groups excluding carboxylic acids is 1. The van der Waals surface area contributed by atoms with Crippen molar-refractivity contribution in [2.24, 2.45) is 0 Å². The Balaban J connectivity index is 1.88. The lowest BCUT2D eigenvalue weighted by Gasteiger charge is -2.03. The largest absolute Gasteiger partial charge is 0.399 e. The zero-order valence-corrected chi connectivity index (χ0v) is 11.8. The van der Waals surface area contributed by atoms with Crippen molar-refractivity contribution in [2.75, 3.05) is 11.1 Å². The van der Waals surface area contributed by atoms with E-state index in [0.29, 0.717) is 10.6 Å². The van der Waals surface area contributed by atoms with Gasteiger partial charge < -0.3 is 11.1 Å². The fourth-order valence-electron chi connectivity index (χ4n) is 2.09. The SMILES string of the molecule is Cc1cccc(NC(=O)c2cc3cc(N)ccc3s2)c1. The molecule has 0 aliphatic carbocycles. The van der Waals surface area contributed by atoms with Gasteiger partial charge in [-0.2, -0.15) is 0 Å². The number of rotatable bonds is 2. The first-order chi connectivity index (χ1) is 9.61. The third-order valence-electron chi connectivity index (χ3n) is 3.04. The maximum absolute atomic E-state index is 12.2. The van der Waals surface area contributed by atoms with Crippen LogP contribution in [0.25, 0.3) is 10.1 Å². The monoisotopic (exact) mass is 282 g/mol. The van der Waals surface area contributed by atoms with Crippen LogP contribution in [-0.4, -0.2) is 5.91 Å². The van der Waals surface area contributed by atoms with Crippen LogP contribution in [0, 0.1) is 6.92 Å². The standard InChI is InChI=1S/C16H14N2OS/c1-10-3-2-4-13(7-10)18-16(19)15-9-11-8-12(17)5-6-14(11)20-15/h2-9H,17H2,1H3,(H,18,19). The van der Waals surface area contributed by atoms with Crippen molar-refractivity contribution in [2.45, 2.75) is 6.92 Å². The van der Waals surface area contributed by atoms with E-state index >= 15 is 0 Å². The summed E-state index contributed by atoms with van der Waals surface area (Å²) < 4.78 is 1.06. The Labute approximate surface area is 121 Å². The van der Waals surface area contributed by atoms with Crippen LogP contribution < -0.4 is 11.1 Å². The third kappa shape index (κ3) is 2.51. The molecule has 0 saturated carbocycles. The number of aryl methyl sites for hydroxylation is 1. The zero-order chi connectivity index (χ0) is 14.1. The number of benzene rings is 2. The van der Waals surface area contributed by atoms with E-state index in [1.54, 1.807) is 0 Å². The summed E-state index contributed by atoms with van der Waals surface area (Å²) in [4.78, 5) is 12.9. The second-order valence-corrected chi connectivity index (χ2v) is 5.82. The maximum Gasteiger partial charge on any atom is 0.265 e. The zero-order valence-electron chi connectivity index (χ0n) is 11.0. The van der Waals surface area contributed by atoms with E-state index in [-0.39, 0.29) is 5.91 Å². The molecule has 3 aromatic rings. The van der Waals surface area contributed by atoms with Crippen LogP contribution in [0.15, 0.2) is 48.5 Å². The average molecular weight is 282 g/mol. The minimum atomic E-state index is -0.0876. The molecule has 20 heavy (non-hydrogen) atoms. The molecule has 0 saturated heterocycles. The van der Waals surface area contributed by atoms with Gasteiger partial charge in [0.1, 0.15) is 0 Å². The molecular weight excluding hydrogens is 268 g/mol.